The van der Waals surface area contributed by atoms with E-state index in [1.165, 1.54) is 6.07 Å². The Morgan fingerprint density at radius 3 is 2.60 bits per heavy atom. The molecule has 0 bridgehead atoms. The number of ether oxygens (including phenoxy) is 2. The predicted molar refractivity (Wildman–Crippen MR) is 150 cm³/mol. The first kappa shape index (κ1) is 30.9. The monoisotopic (exact) mass is 586 g/mol. The molecule has 0 aromatic heterocycles. The summed E-state index contributed by atoms with van der Waals surface area (Å²) in [4.78, 5) is 77.2. The number of carbonyl (C=O) groups is 6. The molecule has 3 aliphatic heterocycles. The van der Waals surface area contributed by atoms with Gasteiger partial charge in [-0.2, -0.15) is 0 Å². The van der Waals surface area contributed by atoms with Crippen molar-refractivity contribution < 1.29 is 38.2 Å². The van der Waals surface area contributed by atoms with Gasteiger partial charge in [0.2, 0.25) is 17.7 Å². The summed E-state index contributed by atoms with van der Waals surface area (Å²) in [6.45, 7) is 8.66. The Balaban J connectivity index is 1.14. The van der Waals surface area contributed by atoms with Crippen molar-refractivity contribution in [1.82, 2.24) is 25.8 Å². The molecule has 228 valence electrons. The van der Waals surface area contributed by atoms with E-state index in [4.69, 9.17) is 9.47 Å². The second kappa shape index (κ2) is 13.3. The largest absolute Gasteiger partial charge is 0.444 e. The van der Waals surface area contributed by atoms with Crippen LogP contribution in [-0.4, -0.2) is 109 Å². The van der Waals surface area contributed by atoms with E-state index < -0.39 is 41.4 Å². The van der Waals surface area contributed by atoms with Crippen LogP contribution in [0.3, 0.4) is 0 Å². The maximum absolute atomic E-state index is 13.1. The zero-order valence-electron chi connectivity index (χ0n) is 24.1. The van der Waals surface area contributed by atoms with E-state index in [0.29, 0.717) is 32.0 Å². The quantitative estimate of drug-likeness (QED) is 0.207. The lowest BCUT2D eigenvalue weighted by atomic mass is 10.0. The Bertz CT molecular complexity index is 1250. The van der Waals surface area contributed by atoms with Gasteiger partial charge in [0.15, 0.2) is 0 Å². The Hall–Kier alpha value is -4.04. The van der Waals surface area contributed by atoms with Gasteiger partial charge in [-0.1, -0.05) is 6.07 Å². The minimum atomic E-state index is -1.06. The highest BCUT2D eigenvalue weighted by atomic mass is 16.6. The van der Waals surface area contributed by atoms with Gasteiger partial charge in [-0.05, 0) is 45.7 Å². The number of fused-ring (bicyclic) bond motifs is 1. The molecule has 6 amide bonds. The molecule has 3 aliphatic rings. The van der Waals surface area contributed by atoms with Crippen LogP contribution in [0.4, 0.5) is 10.5 Å². The molecule has 3 heterocycles. The maximum Gasteiger partial charge on any atom is 0.407 e. The lowest BCUT2D eigenvalue weighted by Crippen LogP contribution is -2.54. The van der Waals surface area contributed by atoms with Crippen molar-refractivity contribution in [3.63, 3.8) is 0 Å². The average Bonchev–Trinajstić information content (AvgIpc) is 3.45. The highest BCUT2D eigenvalue weighted by Crippen LogP contribution is 2.32. The Kier molecular flexibility index (Phi) is 9.78. The van der Waals surface area contributed by atoms with Crippen LogP contribution in [0.25, 0.3) is 0 Å². The molecule has 4 rings (SSSR count). The SMILES string of the molecule is CC(C)(C)OC(=O)N[C@H]1CCN(CCOCCNC(=O)CNc2cccc3c2C(=O)N(C2CCC(=O)NC2=O)C3=O)C1. The van der Waals surface area contributed by atoms with Crippen LogP contribution in [0.2, 0.25) is 0 Å². The van der Waals surface area contributed by atoms with Crippen molar-refractivity contribution in [3.8, 4) is 0 Å². The number of benzene rings is 1. The number of likely N-dealkylation sites (tertiary alicyclic amines) is 1. The third kappa shape index (κ3) is 7.82. The third-order valence-electron chi connectivity index (χ3n) is 7.02. The van der Waals surface area contributed by atoms with Crippen LogP contribution in [-0.2, 0) is 23.9 Å². The Labute approximate surface area is 243 Å². The fourth-order valence-corrected chi connectivity index (χ4v) is 5.09. The fourth-order valence-electron chi connectivity index (χ4n) is 5.09. The number of amides is 6. The summed E-state index contributed by atoms with van der Waals surface area (Å²) in [6.07, 6.45) is 0.515. The predicted octanol–water partition coefficient (Wildman–Crippen LogP) is 0.232. The van der Waals surface area contributed by atoms with Crippen LogP contribution < -0.4 is 21.3 Å². The highest BCUT2D eigenvalue weighted by molar-refractivity contribution is 6.25. The van der Waals surface area contributed by atoms with Gasteiger partial charge < -0.3 is 25.4 Å². The minimum Gasteiger partial charge on any atom is -0.444 e. The highest BCUT2D eigenvalue weighted by Gasteiger charge is 2.45. The molecule has 1 aromatic carbocycles. The molecule has 0 spiro atoms. The maximum atomic E-state index is 13.1. The van der Waals surface area contributed by atoms with Gasteiger partial charge in [0.05, 0.1) is 30.9 Å². The fraction of sp³-hybridized carbons (Fsp3) is 0.571. The number of hydrogen-bond donors (Lipinski definition) is 4. The zero-order chi connectivity index (χ0) is 30.4. The number of anilines is 1. The van der Waals surface area contributed by atoms with Crippen LogP contribution in [0.15, 0.2) is 18.2 Å². The minimum absolute atomic E-state index is 0.0326. The summed E-state index contributed by atoms with van der Waals surface area (Å²) in [5, 5.41) is 10.7. The summed E-state index contributed by atoms with van der Waals surface area (Å²) < 4.78 is 10.9. The molecule has 4 N–H and O–H groups in total. The second-order valence-corrected chi connectivity index (χ2v) is 11.4. The molecule has 14 heteroatoms. The van der Waals surface area contributed by atoms with Crippen molar-refractivity contribution in [3.05, 3.63) is 29.3 Å². The molecule has 0 aliphatic carbocycles. The summed E-state index contributed by atoms with van der Waals surface area (Å²) in [5.74, 6) is -2.71. The van der Waals surface area contributed by atoms with Crippen LogP contribution in [0, 0.1) is 0 Å². The number of nitrogens with one attached hydrogen (secondary N) is 4. The first-order chi connectivity index (χ1) is 19.9. The number of carbonyl (C=O) groups excluding carboxylic acids is 6. The Morgan fingerprint density at radius 2 is 1.86 bits per heavy atom. The topological polar surface area (TPSA) is 175 Å². The number of nitrogens with zero attached hydrogens (tertiary/aromatic N) is 2. The van der Waals surface area contributed by atoms with Crippen LogP contribution in [0.5, 0.6) is 0 Å². The second-order valence-electron chi connectivity index (χ2n) is 11.4. The lowest BCUT2D eigenvalue weighted by Gasteiger charge is -2.27. The van der Waals surface area contributed by atoms with Gasteiger partial charge in [0.25, 0.3) is 11.8 Å². The molecular weight excluding hydrogens is 548 g/mol. The van der Waals surface area contributed by atoms with Gasteiger partial charge in [-0.3, -0.25) is 39.1 Å². The summed E-state index contributed by atoms with van der Waals surface area (Å²) >= 11 is 0. The average molecular weight is 587 g/mol. The Morgan fingerprint density at radius 1 is 1.07 bits per heavy atom. The molecule has 2 saturated heterocycles. The summed E-state index contributed by atoms with van der Waals surface area (Å²) in [5.41, 5.74) is -0.0104. The van der Waals surface area contributed by atoms with Crippen LogP contribution in [0.1, 0.15) is 60.7 Å². The first-order valence-electron chi connectivity index (χ1n) is 14.1. The van der Waals surface area contributed by atoms with E-state index in [-0.39, 0.29) is 49.0 Å². The van der Waals surface area contributed by atoms with E-state index in [9.17, 15) is 28.8 Å². The molecule has 2 fully saturated rings. The number of alkyl carbamates (subject to hydrolysis) is 1. The van der Waals surface area contributed by atoms with Crippen molar-refractivity contribution in [2.24, 2.45) is 0 Å². The van der Waals surface area contributed by atoms with E-state index in [2.05, 4.69) is 26.2 Å². The van der Waals surface area contributed by atoms with Crippen molar-refractivity contribution in [2.45, 2.75) is 57.7 Å². The number of imide groups is 2. The smallest absolute Gasteiger partial charge is 0.407 e. The van der Waals surface area contributed by atoms with Crippen molar-refractivity contribution in [1.29, 1.82) is 0 Å². The third-order valence-corrected chi connectivity index (χ3v) is 7.02. The molecule has 0 radical (unpaired) electrons. The number of piperidine rings is 1. The normalized spacial score (nSPS) is 20.8. The zero-order valence-corrected chi connectivity index (χ0v) is 24.1. The van der Waals surface area contributed by atoms with Crippen LogP contribution >= 0.6 is 0 Å². The molecule has 0 saturated carbocycles. The molecule has 14 nitrogen and oxygen atoms in total. The van der Waals surface area contributed by atoms with Gasteiger partial charge in [0.1, 0.15) is 11.6 Å². The summed E-state index contributed by atoms with van der Waals surface area (Å²) in [7, 11) is 0. The number of hydrogen-bond acceptors (Lipinski definition) is 10. The molecule has 1 aromatic rings. The van der Waals surface area contributed by atoms with E-state index in [1.54, 1.807) is 12.1 Å². The van der Waals surface area contributed by atoms with Crippen molar-refractivity contribution in [2.75, 3.05) is 51.3 Å². The van der Waals surface area contributed by atoms with Crippen molar-refractivity contribution >= 4 is 41.3 Å². The lowest BCUT2D eigenvalue weighted by molar-refractivity contribution is -0.136. The molecule has 1 unspecified atom stereocenters. The standard InChI is InChI=1S/C28H38N6O8/c1-28(2,3)42-27(40)31-17-9-11-33(16-17)12-14-41-13-10-29-22(36)15-30-19-6-4-5-18-23(19)26(39)34(25(18)38)20-7-8-21(35)32-24(20)37/h4-6,17,20,30H,7-16H2,1-3H3,(H,29,36)(H,31,40)(H,32,35,37)/t17-,20?/m0/s1. The van der Waals surface area contributed by atoms with Gasteiger partial charge >= 0.3 is 6.09 Å². The molecule has 2 atom stereocenters. The van der Waals surface area contributed by atoms with Gasteiger partial charge in [-0.25, -0.2) is 4.79 Å². The summed E-state index contributed by atoms with van der Waals surface area (Å²) in [6, 6.07) is 3.63. The van der Waals surface area contributed by atoms with Gasteiger partial charge in [0, 0.05) is 44.3 Å². The van der Waals surface area contributed by atoms with E-state index in [1.807, 2.05) is 20.8 Å². The van der Waals surface area contributed by atoms with E-state index >= 15 is 0 Å². The van der Waals surface area contributed by atoms with E-state index in [0.717, 1.165) is 17.9 Å². The first-order valence-corrected chi connectivity index (χ1v) is 14.1. The molecule has 42 heavy (non-hydrogen) atoms. The number of rotatable bonds is 11. The van der Waals surface area contributed by atoms with Gasteiger partial charge in [-0.15, -0.1) is 0 Å². The molecular formula is C28H38N6O8.